The van der Waals surface area contributed by atoms with Crippen LogP contribution in [0.25, 0.3) is 0 Å². The molecule has 4 atom stereocenters. The quantitative estimate of drug-likeness (QED) is 0.286. The first-order valence-corrected chi connectivity index (χ1v) is 13.3. The molecule has 2 fully saturated rings. The van der Waals surface area contributed by atoms with Crippen molar-refractivity contribution < 1.29 is 28.3 Å². The number of allylic oxidation sites excluding steroid dienone is 1. The van der Waals surface area contributed by atoms with Crippen LogP contribution in [0, 0.1) is 11.8 Å². The van der Waals surface area contributed by atoms with Gasteiger partial charge in [0.1, 0.15) is 0 Å². The van der Waals surface area contributed by atoms with Gasteiger partial charge in [0.05, 0.1) is 43.4 Å². The molecule has 7 nitrogen and oxygen atoms in total. The molecular weight excluding hydrogens is 402 g/mol. The number of fused-ring (bicyclic) bond motifs is 3. The van der Waals surface area contributed by atoms with Gasteiger partial charge in [0.15, 0.2) is 8.32 Å². The van der Waals surface area contributed by atoms with Gasteiger partial charge in [-0.05, 0) is 37.0 Å². The summed E-state index contributed by atoms with van der Waals surface area (Å²) in [4.78, 5) is 39.6. The number of methoxy groups -OCH3 is 2. The molecule has 2 saturated heterocycles. The summed E-state index contributed by atoms with van der Waals surface area (Å²) >= 11 is 0. The summed E-state index contributed by atoms with van der Waals surface area (Å²) in [7, 11) is 0.564. The van der Waals surface area contributed by atoms with Gasteiger partial charge in [0.25, 0.3) is 0 Å². The summed E-state index contributed by atoms with van der Waals surface area (Å²) in [5, 5.41) is 0.0479. The van der Waals surface area contributed by atoms with Crippen molar-refractivity contribution in [1.82, 2.24) is 4.90 Å². The Labute approximate surface area is 179 Å². The topological polar surface area (TPSA) is 82.1 Å². The first-order valence-electron chi connectivity index (χ1n) is 10.4. The van der Waals surface area contributed by atoms with Gasteiger partial charge in [-0.1, -0.05) is 26.8 Å². The molecule has 0 aromatic carbocycles. The number of ether oxygens (including phenoxy) is 2. The Morgan fingerprint density at radius 1 is 1.17 bits per heavy atom. The fourth-order valence-corrected chi connectivity index (χ4v) is 6.03. The van der Waals surface area contributed by atoms with Crippen LogP contribution in [-0.4, -0.2) is 64.0 Å². The average molecular weight is 436 g/mol. The summed E-state index contributed by atoms with van der Waals surface area (Å²) in [6, 6.07) is -0.0962. The maximum absolute atomic E-state index is 13.0. The summed E-state index contributed by atoms with van der Waals surface area (Å²) in [6.45, 7) is 13.3. The largest absolute Gasteiger partial charge is 0.466 e. The number of rotatable bonds is 5. The van der Waals surface area contributed by atoms with Crippen molar-refractivity contribution in [1.29, 1.82) is 0 Å². The molecule has 0 aromatic rings. The minimum absolute atomic E-state index is 0.0466. The Kier molecular flexibility index (Phi) is 5.79. The third-order valence-corrected chi connectivity index (χ3v) is 11.8. The molecule has 0 spiro atoms. The second kappa shape index (κ2) is 7.64. The summed E-state index contributed by atoms with van der Waals surface area (Å²) in [5.74, 6) is -1.63. The van der Waals surface area contributed by atoms with Crippen molar-refractivity contribution >= 4 is 26.2 Å². The first kappa shape index (κ1) is 22.7. The van der Waals surface area contributed by atoms with Gasteiger partial charge in [0.2, 0.25) is 5.91 Å². The average Bonchev–Trinajstić information content (AvgIpc) is 2.99. The lowest BCUT2D eigenvalue weighted by atomic mass is 9.75. The zero-order valence-electron chi connectivity index (χ0n) is 19.2. The van der Waals surface area contributed by atoms with E-state index in [9.17, 15) is 14.4 Å². The Morgan fingerprint density at radius 3 is 2.30 bits per heavy atom. The molecule has 0 radical (unpaired) electrons. The van der Waals surface area contributed by atoms with E-state index in [1.165, 1.54) is 14.2 Å². The van der Waals surface area contributed by atoms with E-state index in [0.29, 0.717) is 24.1 Å². The summed E-state index contributed by atoms with van der Waals surface area (Å²) in [5.41, 5.74) is 1.65. The van der Waals surface area contributed by atoms with Crippen LogP contribution in [0.3, 0.4) is 0 Å². The highest BCUT2D eigenvalue weighted by Gasteiger charge is 2.60. The van der Waals surface area contributed by atoms with E-state index in [1.54, 1.807) is 4.90 Å². The fourth-order valence-electron chi connectivity index (χ4n) is 4.60. The lowest BCUT2D eigenvalue weighted by molar-refractivity contribution is -0.157. The van der Waals surface area contributed by atoms with Crippen molar-refractivity contribution in [3.63, 3.8) is 0 Å². The van der Waals surface area contributed by atoms with Gasteiger partial charge < -0.3 is 18.8 Å². The van der Waals surface area contributed by atoms with Gasteiger partial charge in [-0.25, -0.2) is 9.59 Å². The second-order valence-corrected chi connectivity index (χ2v) is 14.6. The van der Waals surface area contributed by atoms with Crippen LogP contribution >= 0.6 is 0 Å². The molecule has 0 aromatic heterocycles. The maximum Gasteiger partial charge on any atom is 0.334 e. The monoisotopic (exact) mass is 435 g/mol. The minimum Gasteiger partial charge on any atom is -0.466 e. The highest BCUT2D eigenvalue weighted by Crippen LogP contribution is 2.50. The zero-order valence-corrected chi connectivity index (χ0v) is 20.2. The van der Waals surface area contributed by atoms with Crippen LogP contribution in [0.2, 0.25) is 18.1 Å². The van der Waals surface area contributed by atoms with E-state index in [4.69, 9.17) is 13.9 Å². The maximum atomic E-state index is 13.0. The molecule has 166 valence electrons. The molecule has 0 saturated carbocycles. The van der Waals surface area contributed by atoms with E-state index in [-0.39, 0.29) is 34.9 Å². The van der Waals surface area contributed by atoms with E-state index < -0.39 is 20.3 Å². The van der Waals surface area contributed by atoms with Crippen LogP contribution in [0.1, 0.15) is 34.1 Å². The Morgan fingerprint density at radius 2 is 1.77 bits per heavy atom. The number of esters is 2. The molecule has 30 heavy (non-hydrogen) atoms. The van der Waals surface area contributed by atoms with Gasteiger partial charge >= 0.3 is 11.9 Å². The molecule has 3 aliphatic rings. The van der Waals surface area contributed by atoms with E-state index >= 15 is 0 Å². The molecule has 2 heterocycles. The predicted molar refractivity (Wildman–Crippen MR) is 114 cm³/mol. The summed E-state index contributed by atoms with van der Waals surface area (Å²) in [6.07, 6.45) is 2.06. The SMILES string of the molecule is COC(=O)C1=C(C(=O)OC)[C@H]2CN3C(=O)[C@H]([C@@H](C)O[Si](C)(C)C(C)(C)C)[C@H]3C2=CC1. The number of hydrogen-bond acceptors (Lipinski definition) is 6. The van der Waals surface area contributed by atoms with Crippen LogP contribution in [0.4, 0.5) is 0 Å². The molecule has 8 heteroatoms. The van der Waals surface area contributed by atoms with Gasteiger partial charge in [-0.2, -0.15) is 0 Å². The smallest absolute Gasteiger partial charge is 0.334 e. The van der Waals surface area contributed by atoms with Crippen LogP contribution in [0.5, 0.6) is 0 Å². The van der Waals surface area contributed by atoms with Crippen LogP contribution in [-0.2, 0) is 28.3 Å². The third kappa shape index (κ3) is 3.43. The lowest BCUT2D eigenvalue weighted by Crippen LogP contribution is -2.63. The summed E-state index contributed by atoms with van der Waals surface area (Å²) < 4.78 is 16.4. The van der Waals surface area contributed by atoms with Crippen molar-refractivity contribution in [2.75, 3.05) is 20.8 Å². The predicted octanol–water partition coefficient (Wildman–Crippen LogP) is 2.83. The number of carbonyl (C=O) groups excluding carboxylic acids is 3. The van der Waals surface area contributed by atoms with Gasteiger partial charge in [-0.15, -0.1) is 0 Å². The molecule has 1 aliphatic carbocycles. The van der Waals surface area contributed by atoms with E-state index in [1.807, 2.05) is 13.0 Å². The Balaban J connectivity index is 1.88. The molecule has 0 unspecified atom stereocenters. The van der Waals surface area contributed by atoms with Gasteiger partial charge in [-0.3, -0.25) is 4.79 Å². The number of nitrogens with zero attached hydrogens (tertiary/aromatic N) is 1. The molecule has 2 aliphatic heterocycles. The van der Waals surface area contributed by atoms with E-state index in [0.717, 1.165) is 5.57 Å². The molecule has 3 rings (SSSR count). The van der Waals surface area contributed by atoms with Crippen molar-refractivity contribution in [3.05, 3.63) is 22.8 Å². The van der Waals surface area contributed by atoms with Crippen molar-refractivity contribution in [2.45, 2.75) is 64.4 Å². The first-order chi connectivity index (χ1) is 13.9. The van der Waals surface area contributed by atoms with Crippen molar-refractivity contribution in [2.24, 2.45) is 11.8 Å². The second-order valence-electron chi connectivity index (χ2n) is 9.88. The Bertz CT molecular complexity index is 837. The van der Waals surface area contributed by atoms with Crippen molar-refractivity contribution in [3.8, 4) is 0 Å². The third-order valence-electron chi connectivity index (χ3n) is 7.21. The van der Waals surface area contributed by atoms with E-state index in [2.05, 4.69) is 33.9 Å². The number of β-lactam (4-membered cyclic amide) rings is 1. The molecule has 0 N–H and O–H groups in total. The van der Waals surface area contributed by atoms with Crippen LogP contribution < -0.4 is 0 Å². The highest BCUT2D eigenvalue weighted by atomic mass is 28.4. The zero-order chi connectivity index (χ0) is 22.6. The lowest BCUT2D eigenvalue weighted by Gasteiger charge is -2.48. The molecule has 0 bridgehead atoms. The minimum atomic E-state index is -2.03. The normalized spacial score (nSPS) is 27.1. The van der Waals surface area contributed by atoms with Gasteiger partial charge in [0, 0.05) is 12.5 Å². The number of amides is 1. The highest BCUT2D eigenvalue weighted by molar-refractivity contribution is 6.74. The standard InChI is InChI=1S/C22H33NO6Si/c1-12(29-30(7,8)22(2,3)4)16-18-13-9-10-14(20(25)27-5)17(21(26)28-6)15(13)11-23(18)19(16)24/h9,12,15-16,18H,10-11H2,1-8H3/t12-,15+,16-,18-/m1/s1. The Hall–Kier alpha value is -1.93. The number of carbonyl (C=O) groups is 3. The fraction of sp³-hybridized carbons (Fsp3) is 0.682. The van der Waals surface area contributed by atoms with Crippen LogP contribution in [0.15, 0.2) is 22.8 Å². The molecular formula is C22H33NO6Si. The number of hydrogen-bond donors (Lipinski definition) is 0. The molecule has 1 amide bonds.